The molecule has 0 aliphatic heterocycles. The van der Waals surface area contributed by atoms with E-state index in [2.05, 4.69) is 36.5 Å². The van der Waals surface area contributed by atoms with Crippen molar-refractivity contribution < 1.29 is 9.84 Å². The minimum Gasteiger partial charge on any atom is -0.497 e. The molecule has 0 aromatic carbocycles. The SMILES string of the molecule is COC1=C[C@H]2CCc3nc(NC(O)CC4=CC=C(C)CC4)c(C)nc3C2C=C1. The van der Waals surface area contributed by atoms with Gasteiger partial charge in [0.15, 0.2) is 0 Å². The number of aliphatic hydroxyl groups excluding tert-OH is 1. The molecule has 1 heterocycles. The molecule has 0 fully saturated rings. The Hall–Kier alpha value is -2.40. The molecule has 28 heavy (non-hydrogen) atoms. The van der Waals surface area contributed by atoms with Gasteiger partial charge >= 0.3 is 0 Å². The highest BCUT2D eigenvalue weighted by molar-refractivity contribution is 5.45. The van der Waals surface area contributed by atoms with Crippen LogP contribution in [0.2, 0.25) is 0 Å². The molecule has 1 aromatic heterocycles. The summed E-state index contributed by atoms with van der Waals surface area (Å²) in [5, 5.41) is 13.7. The number of ether oxygens (including phenoxy) is 1. The van der Waals surface area contributed by atoms with Gasteiger partial charge in [-0.15, -0.1) is 0 Å². The van der Waals surface area contributed by atoms with Gasteiger partial charge in [0.1, 0.15) is 17.8 Å². The molecule has 2 N–H and O–H groups in total. The zero-order chi connectivity index (χ0) is 19.7. The second-order valence-electron chi connectivity index (χ2n) is 8.05. The summed E-state index contributed by atoms with van der Waals surface area (Å²) < 4.78 is 5.38. The summed E-state index contributed by atoms with van der Waals surface area (Å²) in [5.41, 5.74) is 5.60. The Morgan fingerprint density at radius 3 is 2.82 bits per heavy atom. The molecular formula is C23H29N3O2. The first-order valence-corrected chi connectivity index (χ1v) is 10.1. The van der Waals surface area contributed by atoms with Crippen molar-refractivity contribution in [2.45, 2.75) is 58.1 Å². The van der Waals surface area contributed by atoms with Gasteiger partial charge in [-0.25, -0.2) is 4.98 Å². The highest BCUT2D eigenvalue weighted by Gasteiger charge is 2.32. The number of hydrogen-bond acceptors (Lipinski definition) is 5. The minimum atomic E-state index is -0.651. The van der Waals surface area contributed by atoms with E-state index in [0.29, 0.717) is 18.2 Å². The van der Waals surface area contributed by atoms with Crippen LogP contribution in [0.1, 0.15) is 55.6 Å². The zero-order valence-corrected chi connectivity index (χ0v) is 16.9. The van der Waals surface area contributed by atoms with Gasteiger partial charge in [0.05, 0.1) is 24.2 Å². The van der Waals surface area contributed by atoms with Crippen LogP contribution >= 0.6 is 0 Å². The van der Waals surface area contributed by atoms with Gasteiger partial charge in [0.2, 0.25) is 0 Å². The average molecular weight is 380 g/mol. The molecule has 0 saturated carbocycles. The fraction of sp³-hybridized carbons (Fsp3) is 0.478. The first-order valence-electron chi connectivity index (χ1n) is 10.1. The quantitative estimate of drug-likeness (QED) is 0.746. The maximum absolute atomic E-state index is 10.5. The fourth-order valence-corrected chi connectivity index (χ4v) is 4.28. The third-order valence-electron chi connectivity index (χ3n) is 5.95. The second kappa shape index (κ2) is 7.92. The van der Waals surface area contributed by atoms with E-state index < -0.39 is 6.23 Å². The number of aliphatic hydroxyl groups is 1. The molecule has 5 nitrogen and oxygen atoms in total. The number of allylic oxidation sites excluding steroid dienone is 6. The lowest BCUT2D eigenvalue weighted by Crippen LogP contribution is -2.26. The fourth-order valence-electron chi connectivity index (χ4n) is 4.28. The van der Waals surface area contributed by atoms with Gasteiger partial charge < -0.3 is 15.2 Å². The van der Waals surface area contributed by atoms with Crippen LogP contribution in [-0.2, 0) is 11.2 Å². The van der Waals surface area contributed by atoms with E-state index >= 15 is 0 Å². The Kier molecular flexibility index (Phi) is 5.36. The summed E-state index contributed by atoms with van der Waals surface area (Å²) in [7, 11) is 1.71. The number of methoxy groups -OCH3 is 1. The smallest absolute Gasteiger partial charge is 0.149 e. The topological polar surface area (TPSA) is 67.3 Å². The summed E-state index contributed by atoms with van der Waals surface area (Å²) in [5.74, 6) is 2.30. The Bertz CT molecular complexity index is 882. The van der Waals surface area contributed by atoms with Crippen molar-refractivity contribution in [3.63, 3.8) is 0 Å². The number of aryl methyl sites for hydroxylation is 2. The van der Waals surface area contributed by atoms with Gasteiger partial charge in [-0.2, -0.15) is 0 Å². The van der Waals surface area contributed by atoms with Crippen molar-refractivity contribution in [1.82, 2.24) is 9.97 Å². The molecule has 4 rings (SSSR count). The van der Waals surface area contributed by atoms with E-state index in [1.807, 2.05) is 13.0 Å². The monoisotopic (exact) mass is 379 g/mol. The molecule has 0 spiro atoms. The average Bonchev–Trinajstić information content (AvgIpc) is 2.70. The number of nitrogens with zero attached hydrogens (tertiary/aromatic N) is 2. The number of nitrogens with one attached hydrogen (secondary N) is 1. The number of fused-ring (bicyclic) bond motifs is 3. The lowest BCUT2D eigenvalue weighted by atomic mass is 9.77. The molecule has 0 bridgehead atoms. The molecule has 3 aliphatic carbocycles. The molecule has 1 aromatic rings. The molecule has 2 unspecified atom stereocenters. The van der Waals surface area contributed by atoms with Gasteiger partial charge in [-0.3, -0.25) is 4.98 Å². The lowest BCUT2D eigenvalue weighted by molar-refractivity contribution is 0.202. The van der Waals surface area contributed by atoms with Gasteiger partial charge in [0, 0.05) is 12.3 Å². The molecule has 3 atom stereocenters. The maximum Gasteiger partial charge on any atom is 0.149 e. The molecule has 0 radical (unpaired) electrons. The van der Waals surface area contributed by atoms with Crippen molar-refractivity contribution in [3.8, 4) is 0 Å². The summed E-state index contributed by atoms with van der Waals surface area (Å²) in [6, 6.07) is 0. The van der Waals surface area contributed by atoms with Crippen molar-refractivity contribution in [2.24, 2.45) is 5.92 Å². The van der Waals surface area contributed by atoms with Crippen molar-refractivity contribution in [1.29, 1.82) is 0 Å². The predicted molar refractivity (Wildman–Crippen MR) is 111 cm³/mol. The van der Waals surface area contributed by atoms with E-state index in [4.69, 9.17) is 14.7 Å². The Morgan fingerprint density at radius 2 is 2.07 bits per heavy atom. The third kappa shape index (κ3) is 3.90. The molecule has 0 amide bonds. The number of aromatic nitrogens is 2. The molecule has 148 valence electrons. The first-order chi connectivity index (χ1) is 13.5. The van der Waals surface area contributed by atoms with Crippen LogP contribution in [0.5, 0.6) is 0 Å². The van der Waals surface area contributed by atoms with Gasteiger partial charge in [0.25, 0.3) is 0 Å². The zero-order valence-electron chi connectivity index (χ0n) is 16.9. The van der Waals surface area contributed by atoms with Crippen molar-refractivity contribution in [2.75, 3.05) is 12.4 Å². The van der Waals surface area contributed by atoms with Crippen molar-refractivity contribution in [3.05, 3.63) is 64.4 Å². The molecular weight excluding hydrogens is 350 g/mol. The van der Waals surface area contributed by atoms with E-state index in [-0.39, 0.29) is 5.92 Å². The number of rotatable bonds is 5. The predicted octanol–water partition coefficient (Wildman–Crippen LogP) is 4.32. The Labute approximate surface area is 166 Å². The lowest BCUT2D eigenvalue weighted by Gasteiger charge is -2.31. The van der Waals surface area contributed by atoms with Crippen molar-refractivity contribution >= 4 is 5.82 Å². The Morgan fingerprint density at radius 1 is 1.21 bits per heavy atom. The van der Waals surface area contributed by atoms with Crippen LogP contribution in [0.15, 0.2) is 47.3 Å². The molecule has 3 aliphatic rings. The van der Waals surface area contributed by atoms with Crippen LogP contribution < -0.4 is 5.32 Å². The van der Waals surface area contributed by atoms with Crippen LogP contribution in [-0.4, -0.2) is 28.4 Å². The highest BCUT2D eigenvalue weighted by Crippen LogP contribution is 2.40. The molecule has 0 saturated heterocycles. The summed E-state index contributed by atoms with van der Waals surface area (Å²) >= 11 is 0. The summed E-state index contributed by atoms with van der Waals surface area (Å²) in [6.45, 7) is 4.10. The molecule has 5 heteroatoms. The number of hydrogen-bond donors (Lipinski definition) is 2. The normalized spacial score (nSPS) is 24.4. The third-order valence-corrected chi connectivity index (χ3v) is 5.95. The standard InChI is InChI=1S/C23H29N3O2/c1-14-4-6-16(7-5-14)12-21(27)26-23-15(2)24-22-19-10-9-18(28-3)13-17(19)8-11-20(22)25-23/h4,6,9-10,13,17,19,21,27H,5,7-8,11-12H2,1-3H3,(H,25,26)/t17-,19?,21?/m1/s1. The maximum atomic E-state index is 10.5. The summed E-state index contributed by atoms with van der Waals surface area (Å²) in [4.78, 5) is 9.71. The van der Waals surface area contributed by atoms with Crippen LogP contribution in [0, 0.1) is 12.8 Å². The van der Waals surface area contributed by atoms with E-state index in [1.54, 1.807) is 7.11 Å². The largest absolute Gasteiger partial charge is 0.497 e. The van der Waals surface area contributed by atoms with Crippen LogP contribution in [0.4, 0.5) is 5.82 Å². The van der Waals surface area contributed by atoms with Gasteiger partial charge in [-0.05, 0) is 57.6 Å². The van der Waals surface area contributed by atoms with E-state index in [9.17, 15) is 5.11 Å². The Balaban J connectivity index is 1.49. The first kappa shape index (κ1) is 18.9. The minimum absolute atomic E-state index is 0.259. The summed E-state index contributed by atoms with van der Waals surface area (Å²) in [6.07, 6.45) is 14.7. The van der Waals surface area contributed by atoms with Gasteiger partial charge in [-0.1, -0.05) is 29.4 Å². The number of anilines is 1. The van der Waals surface area contributed by atoms with E-state index in [0.717, 1.165) is 48.5 Å². The highest BCUT2D eigenvalue weighted by atomic mass is 16.5. The van der Waals surface area contributed by atoms with Crippen LogP contribution in [0.3, 0.4) is 0 Å². The van der Waals surface area contributed by atoms with Crippen LogP contribution in [0.25, 0.3) is 0 Å². The van der Waals surface area contributed by atoms with E-state index in [1.165, 1.54) is 11.1 Å². The second-order valence-corrected chi connectivity index (χ2v) is 8.05.